The SMILES string of the molecule is CC(C)C[C@H](N)c1cn([C@@H](Cc2ccc(O)cc2)C(=O)N2CCNCC2)nn1.[Cl-]. The molecule has 1 fully saturated rings. The minimum atomic E-state index is -0.491. The first-order chi connectivity index (χ1) is 13.4. The molecule has 4 N–H and O–H groups in total. The molecule has 9 heteroatoms. The van der Waals surface area contributed by atoms with E-state index in [0.717, 1.165) is 25.1 Å². The number of aromatic nitrogens is 3. The average Bonchev–Trinajstić information content (AvgIpc) is 3.17. The summed E-state index contributed by atoms with van der Waals surface area (Å²) in [5.41, 5.74) is 7.91. The first-order valence-corrected chi connectivity index (χ1v) is 9.88. The molecular weight excluding hydrogens is 392 g/mol. The Hall–Kier alpha value is -2.16. The lowest BCUT2D eigenvalue weighted by Crippen LogP contribution is -3.00. The predicted octanol–water partition coefficient (Wildman–Crippen LogP) is -1.75. The second-order valence-electron chi connectivity index (χ2n) is 7.82. The molecule has 0 aliphatic carbocycles. The number of rotatable bonds is 7. The summed E-state index contributed by atoms with van der Waals surface area (Å²) in [5, 5.41) is 21.3. The van der Waals surface area contributed by atoms with Gasteiger partial charge in [0.15, 0.2) is 0 Å². The molecule has 0 radical (unpaired) electrons. The van der Waals surface area contributed by atoms with Crippen LogP contribution in [-0.4, -0.2) is 57.1 Å². The van der Waals surface area contributed by atoms with Crippen LogP contribution < -0.4 is 23.5 Å². The first-order valence-electron chi connectivity index (χ1n) is 9.88. The van der Waals surface area contributed by atoms with Gasteiger partial charge in [0.05, 0.1) is 17.9 Å². The minimum absolute atomic E-state index is 0. The third kappa shape index (κ3) is 6.16. The van der Waals surface area contributed by atoms with E-state index in [4.69, 9.17) is 5.73 Å². The number of nitrogens with two attached hydrogens (primary N) is 1. The zero-order valence-corrected chi connectivity index (χ0v) is 17.7. The molecule has 1 amide bonds. The number of piperazine rings is 1. The van der Waals surface area contributed by atoms with Gasteiger partial charge >= 0.3 is 0 Å². The molecule has 0 bridgehead atoms. The maximum absolute atomic E-state index is 13.3. The number of benzene rings is 1. The number of phenols is 1. The van der Waals surface area contributed by atoms with Crippen LogP contribution in [-0.2, 0) is 11.2 Å². The summed E-state index contributed by atoms with van der Waals surface area (Å²) in [6.07, 6.45) is 3.09. The highest BCUT2D eigenvalue weighted by molar-refractivity contribution is 5.80. The van der Waals surface area contributed by atoms with Crippen LogP contribution in [0.4, 0.5) is 0 Å². The molecule has 1 aromatic heterocycles. The topological polar surface area (TPSA) is 109 Å². The third-order valence-electron chi connectivity index (χ3n) is 5.03. The Bertz CT molecular complexity index is 774. The Morgan fingerprint density at radius 3 is 2.52 bits per heavy atom. The fourth-order valence-corrected chi connectivity index (χ4v) is 3.49. The molecule has 1 saturated heterocycles. The van der Waals surface area contributed by atoms with Crippen LogP contribution in [0, 0.1) is 5.92 Å². The molecule has 1 aliphatic rings. The molecular formula is C20H30ClN6O2-. The van der Waals surface area contributed by atoms with Crippen LogP contribution >= 0.6 is 0 Å². The van der Waals surface area contributed by atoms with Gasteiger partial charge in [0.25, 0.3) is 0 Å². The number of aromatic hydroxyl groups is 1. The van der Waals surface area contributed by atoms with Crippen molar-refractivity contribution in [3.8, 4) is 5.75 Å². The molecule has 8 nitrogen and oxygen atoms in total. The molecule has 29 heavy (non-hydrogen) atoms. The quantitative estimate of drug-likeness (QED) is 0.489. The van der Waals surface area contributed by atoms with Gasteiger partial charge in [-0.25, -0.2) is 4.68 Å². The van der Waals surface area contributed by atoms with Crippen molar-refractivity contribution in [3.05, 3.63) is 41.7 Å². The van der Waals surface area contributed by atoms with E-state index < -0.39 is 6.04 Å². The largest absolute Gasteiger partial charge is 1.00 e. The molecule has 2 atom stereocenters. The smallest absolute Gasteiger partial charge is 0.247 e. The zero-order valence-electron chi connectivity index (χ0n) is 17.0. The van der Waals surface area contributed by atoms with E-state index in [1.54, 1.807) is 23.0 Å². The van der Waals surface area contributed by atoms with Crippen molar-refractivity contribution in [1.29, 1.82) is 0 Å². The molecule has 2 heterocycles. The van der Waals surface area contributed by atoms with Gasteiger partial charge < -0.3 is 33.5 Å². The van der Waals surface area contributed by atoms with Crippen molar-refractivity contribution < 1.29 is 22.3 Å². The fourth-order valence-electron chi connectivity index (χ4n) is 3.49. The second kappa shape index (κ2) is 10.6. The minimum Gasteiger partial charge on any atom is -1.00 e. The summed E-state index contributed by atoms with van der Waals surface area (Å²) in [4.78, 5) is 15.1. The Labute approximate surface area is 177 Å². The van der Waals surface area contributed by atoms with Crippen molar-refractivity contribution in [3.63, 3.8) is 0 Å². The summed E-state index contributed by atoms with van der Waals surface area (Å²) in [7, 11) is 0. The highest BCUT2D eigenvalue weighted by Crippen LogP contribution is 2.22. The number of hydrogen-bond acceptors (Lipinski definition) is 6. The second-order valence-corrected chi connectivity index (χ2v) is 7.82. The van der Waals surface area contributed by atoms with Gasteiger partial charge in [-0.05, 0) is 30.0 Å². The molecule has 2 aromatic rings. The van der Waals surface area contributed by atoms with Crippen molar-refractivity contribution in [2.75, 3.05) is 26.2 Å². The van der Waals surface area contributed by atoms with Gasteiger partial charge in [0.1, 0.15) is 11.8 Å². The van der Waals surface area contributed by atoms with E-state index >= 15 is 0 Å². The molecule has 1 aromatic carbocycles. The van der Waals surface area contributed by atoms with Gasteiger partial charge in [-0.15, -0.1) is 5.10 Å². The Kier molecular flexibility index (Phi) is 8.43. The van der Waals surface area contributed by atoms with Crippen LogP contribution in [0.2, 0.25) is 0 Å². The lowest BCUT2D eigenvalue weighted by molar-refractivity contribution is -0.135. The number of amides is 1. The third-order valence-corrected chi connectivity index (χ3v) is 5.03. The highest BCUT2D eigenvalue weighted by Gasteiger charge is 2.29. The molecule has 0 spiro atoms. The Balaban J connectivity index is 0.00000300. The van der Waals surface area contributed by atoms with Crippen molar-refractivity contribution in [1.82, 2.24) is 25.2 Å². The van der Waals surface area contributed by atoms with Crippen LogP contribution in [0.25, 0.3) is 0 Å². The number of halogens is 1. The van der Waals surface area contributed by atoms with E-state index in [1.807, 2.05) is 17.0 Å². The van der Waals surface area contributed by atoms with Gasteiger partial charge in [0.2, 0.25) is 5.91 Å². The van der Waals surface area contributed by atoms with E-state index in [1.165, 1.54) is 0 Å². The summed E-state index contributed by atoms with van der Waals surface area (Å²) >= 11 is 0. The van der Waals surface area contributed by atoms with Gasteiger partial charge in [-0.3, -0.25) is 4.79 Å². The van der Waals surface area contributed by atoms with Crippen LogP contribution in [0.5, 0.6) is 5.75 Å². The molecule has 0 saturated carbocycles. The van der Waals surface area contributed by atoms with Gasteiger partial charge in [-0.1, -0.05) is 31.2 Å². The average molecular weight is 422 g/mol. The maximum atomic E-state index is 13.3. The van der Waals surface area contributed by atoms with E-state index in [2.05, 4.69) is 29.5 Å². The summed E-state index contributed by atoms with van der Waals surface area (Å²) in [5.74, 6) is 0.690. The van der Waals surface area contributed by atoms with E-state index in [9.17, 15) is 9.90 Å². The summed E-state index contributed by atoms with van der Waals surface area (Å²) < 4.78 is 1.65. The van der Waals surface area contributed by atoms with Crippen molar-refractivity contribution in [2.45, 2.75) is 38.8 Å². The van der Waals surface area contributed by atoms with Crippen molar-refractivity contribution in [2.24, 2.45) is 11.7 Å². The number of carbonyl (C=O) groups is 1. The monoisotopic (exact) mass is 421 g/mol. The number of nitrogens with zero attached hydrogens (tertiary/aromatic N) is 4. The number of carbonyl (C=O) groups excluding carboxylic acids is 1. The van der Waals surface area contributed by atoms with Crippen LogP contribution in [0.1, 0.15) is 43.6 Å². The summed E-state index contributed by atoms with van der Waals surface area (Å²) in [6, 6.07) is 6.23. The van der Waals surface area contributed by atoms with E-state index in [-0.39, 0.29) is 30.1 Å². The first kappa shape index (κ1) is 23.1. The Morgan fingerprint density at radius 2 is 1.90 bits per heavy atom. The molecule has 160 valence electrons. The lowest BCUT2D eigenvalue weighted by atomic mass is 10.0. The molecule has 1 aliphatic heterocycles. The highest BCUT2D eigenvalue weighted by atomic mass is 35.5. The Morgan fingerprint density at radius 1 is 1.24 bits per heavy atom. The fraction of sp³-hybridized carbons (Fsp3) is 0.550. The van der Waals surface area contributed by atoms with E-state index in [0.29, 0.717) is 31.1 Å². The lowest BCUT2D eigenvalue weighted by Gasteiger charge is -2.31. The zero-order chi connectivity index (χ0) is 20.1. The number of phenolic OH excluding ortho intramolecular Hbond substituents is 1. The standard InChI is InChI=1S/C20H30N6O2.ClH/c1-14(2)11-17(21)18-13-26(24-23-18)19(12-15-3-5-16(27)6-4-15)20(28)25-9-7-22-8-10-25;/h3-6,13-14,17,19,22,27H,7-12,21H2,1-2H3;1H/p-1/t17-,19-;/m0./s1. The van der Waals surface area contributed by atoms with Crippen molar-refractivity contribution >= 4 is 5.91 Å². The van der Waals surface area contributed by atoms with Gasteiger partial charge in [0, 0.05) is 32.6 Å². The number of nitrogens with one attached hydrogen (secondary N) is 1. The molecule has 3 rings (SSSR count). The summed E-state index contributed by atoms with van der Waals surface area (Å²) in [6.45, 7) is 7.18. The van der Waals surface area contributed by atoms with Crippen LogP contribution in [0.3, 0.4) is 0 Å². The maximum Gasteiger partial charge on any atom is 0.247 e. The predicted molar refractivity (Wildman–Crippen MR) is 107 cm³/mol. The van der Waals surface area contributed by atoms with Crippen LogP contribution in [0.15, 0.2) is 30.5 Å². The molecule has 0 unspecified atom stereocenters. The van der Waals surface area contributed by atoms with Gasteiger partial charge in [-0.2, -0.15) is 0 Å². The number of hydrogen-bond donors (Lipinski definition) is 3. The normalized spacial score (nSPS) is 16.3.